The van der Waals surface area contributed by atoms with Crippen LogP contribution in [-0.4, -0.2) is 45.5 Å². The molecular weight excluding hydrogens is 250 g/mol. The van der Waals surface area contributed by atoms with Crippen molar-refractivity contribution in [3.05, 3.63) is 29.8 Å². The van der Waals surface area contributed by atoms with Crippen LogP contribution in [0.1, 0.15) is 31.4 Å². The maximum Gasteiger partial charge on any atom is 0.220 e. The van der Waals surface area contributed by atoms with Crippen molar-refractivity contribution >= 4 is 11.6 Å². The summed E-state index contributed by atoms with van der Waals surface area (Å²) < 4.78 is 0. The Bertz CT molecular complexity index is 412. The van der Waals surface area contributed by atoms with Gasteiger partial charge in [-0.2, -0.15) is 0 Å². The molecule has 1 atom stereocenters. The molecule has 1 amide bonds. The van der Waals surface area contributed by atoms with E-state index in [2.05, 4.69) is 39.4 Å². The number of amides is 1. The van der Waals surface area contributed by atoms with Gasteiger partial charge in [-0.05, 0) is 38.2 Å². The van der Waals surface area contributed by atoms with Crippen LogP contribution in [0.25, 0.3) is 0 Å². The number of benzene rings is 1. The van der Waals surface area contributed by atoms with E-state index in [1.54, 1.807) is 0 Å². The van der Waals surface area contributed by atoms with Crippen LogP contribution in [0.3, 0.4) is 0 Å². The second-order valence-electron chi connectivity index (χ2n) is 5.52. The zero-order valence-electron chi connectivity index (χ0n) is 13.3. The monoisotopic (exact) mass is 277 g/mol. The summed E-state index contributed by atoms with van der Waals surface area (Å²) in [6.07, 6.45) is 1.48. The van der Waals surface area contributed by atoms with Gasteiger partial charge in [0.1, 0.15) is 0 Å². The second-order valence-corrected chi connectivity index (χ2v) is 5.52. The first-order valence-corrected chi connectivity index (χ1v) is 7.16. The highest BCUT2D eigenvalue weighted by atomic mass is 16.1. The minimum Gasteiger partial charge on any atom is -0.378 e. The smallest absolute Gasteiger partial charge is 0.220 e. The van der Waals surface area contributed by atoms with E-state index in [1.165, 1.54) is 11.3 Å². The number of carbonyl (C=O) groups is 1. The third-order valence-corrected chi connectivity index (χ3v) is 3.39. The maximum absolute atomic E-state index is 11.6. The van der Waals surface area contributed by atoms with Gasteiger partial charge < -0.3 is 15.1 Å². The van der Waals surface area contributed by atoms with Crippen LogP contribution in [0, 0.1) is 0 Å². The van der Waals surface area contributed by atoms with Crippen LogP contribution in [0.15, 0.2) is 24.3 Å². The molecule has 0 aliphatic heterocycles. The quantitative estimate of drug-likeness (QED) is 0.830. The zero-order valence-corrected chi connectivity index (χ0v) is 13.3. The lowest BCUT2D eigenvalue weighted by Crippen LogP contribution is -2.34. The van der Waals surface area contributed by atoms with Crippen molar-refractivity contribution in [1.82, 2.24) is 10.2 Å². The van der Waals surface area contributed by atoms with E-state index in [0.717, 1.165) is 6.42 Å². The summed E-state index contributed by atoms with van der Waals surface area (Å²) in [6.45, 7) is 2.66. The number of hydrogen-bond donors (Lipinski definition) is 1. The van der Waals surface area contributed by atoms with Gasteiger partial charge in [0.25, 0.3) is 0 Å². The highest BCUT2D eigenvalue weighted by Crippen LogP contribution is 2.20. The first kappa shape index (κ1) is 16.5. The molecular formula is C16H27N3O. The van der Waals surface area contributed by atoms with E-state index in [-0.39, 0.29) is 11.9 Å². The predicted molar refractivity (Wildman–Crippen MR) is 85.1 cm³/mol. The number of anilines is 1. The van der Waals surface area contributed by atoms with Crippen LogP contribution in [-0.2, 0) is 4.79 Å². The Morgan fingerprint density at radius 2 is 1.75 bits per heavy atom. The minimum absolute atomic E-state index is 0.129. The Morgan fingerprint density at radius 3 is 2.20 bits per heavy atom. The molecule has 0 bridgehead atoms. The number of nitrogens with zero attached hydrogens (tertiary/aromatic N) is 2. The molecule has 0 unspecified atom stereocenters. The summed E-state index contributed by atoms with van der Waals surface area (Å²) in [6, 6.07) is 8.68. The third kappa shape index (κ3) is 4.85. The Labute approximate surface area is 122 Å². The van der Waals surface area contributed by atoms with Crippen molar-refractivity contribution in [2.24, 2.45) is 0 Å². The van der Waals surface area contributed by atoms with Gasteiger partial charge in [-0.15, -0.1) is 0 Å². The molecule has 1 rings (SSSR count). The van der Waals surface area contributed by atoms with E-state index in [4.69, 9.17) is 0 Å². The molecule has 112 valence electrons. The van der Waals surface area contributed by atoms with E-state index >= 15 is 0 Å². The Kier molecular flexibility index (Phi) is 6.52. The summed E-state index contributed by atoms with van der Waals surface area (Å²) >= 11 is 0. The summed E-state index contributed by atoms with van der Waals surface area (Å²) in [7, 11) is 8.14. The zero-order chi connectivity index (χ0) is 15.1. The number of likely N-dealkylation sites (N-methyl/N-ethyl adjacent to an activating group) is 1. The standard InChI is InChI=1S/C16H27N3O/c1-6-7-16(20)17-12-15(19(4)5)13-8-10-14(11-9-13)18(2)3/h8-11,15H,6-7,12H2,1-5H3,(H,17,20)/t15-/m1/s1. The Hall–Kier alpha value is -1.55. The molecule has 0 aliphatic carbocycles. The molecule has 20 heavy (non-hydrogen) atoms. The summed E-state index contributed by atoms with van der Waals surface area (Å²) in [5.74, 6) is 0.129. The van der Waals surface area contributed by atoms with Crippen LogP contribution < -0.4 is 10.2 Å². The molecule has 0 heterocycles. The summed E-state index contributed by atoms with van der Waals surface area (Å²) in [5.41, 5.74) is 2.40. The number of hydrogen-bond acceptors (Lipinski definition) is 3. The molecule has 0 spiro atoms. The highest BCUT2D eigenvalue weighted by Gasteiger charge is 2.15. The molecule has 4 nitrogen and oxygen atoms in total. The molecule has 1 aromatic rings. The summed E-state index contributed by atoms with van der Waals surface area (Å²) in [5, 5.41) is 3.01. The molecule has 0 fully saturated rings. The fourth-order valence-corrected chi connectivity index (χ4v) is 2.12. The number of carbonyl (C=O) groups excluding carboxylic acids is 1. The van der Waals surface area contributed by atoms with Gasteiger partial charge in [0, 0.05) is 32.7 Å². The van der Waals surface area contributed by atoms with Crippen LogP contribution >= 0.6 is 0 Å². The molecule has 0 saturated heterocycles. The lowest BCUT2D eigenvalue weighted by Gasteiger charge is -2.25. The molecule has 0 radical (unpaired) electrons. The van der Waals surface area contributed by atoms with Gasteiger partial charge in [-0.3, -0.25) is 4.79 Å². The molecule has 0 aromatic heterocycles. The second kappa shape index (κ2) is 7.90. The highest BCUT2D eigenvalue weighted by molar-refractivity contribution is 5.75. The van der Waals surface area contributed by atoms with Gasteiger partial charge in [0.15, 0.2) is 0 Å². The topological polar surface area (TPSA) is 35.6 Å². The van der Waals surface area contributed by atoms with Gasteiger partial charge in [0.2, 0.25) is 5.91 Å². The fraction of sp³-hybridized carbons (Fsp3) is 0.562. The van der Waals surface area contributed by atoms with Crippen LogP contribution in [0.5, 0.6) is 0 Å². The average Bonchev–Trinajstić information content (AvgIpc) is 2.39. The Balaban J connectivity index is 2.73. The van der Waals surface area contributed by atoms with Crippen molar-refractivity contribution in [2.75, 3.05) is 39.6 Å². The normalized spacial score (nSPS) is 12.3. The van der Waals surface area contributed by atoms with Gasteiger partial charge in [0.05, 0.1) is 6.04 Å². The first-order valence-electron chi connectivity index (χ1n) is 7.16. The molecule has 4 heteroatoms. The van der Waals surface area contributed by atoms with Gasteiger partial charge in [-0.1, -0.05) is 19.1 Å². The lowest BCUT2D eigenvalue weighted by atomic mass is 10.1. The number of nitrogens with one attached hydrogen (secondary N) is 1. The lowest BCUT2D eigenvalue weighted by molar-refractivity contribution is -0.121. The predicted octanol–water partition coefficient (Wildman–Crippen LogP) is 2.27. The number of rotatable bonds is 7. The molecule has 0 aliphatic rings. The third-order valence-electron chi connectivity index (χ3n) is 3.39. The van der Waals surface area contributed by atoms with Gasteiger partial charge in [-0.25, -0.2) is 0 Å². The van der Waals surface area contributed by atoms with Crippen molar-refractivity contribution in [2.45, 2.75) is 25.8 Å². The van der Waals surface area contributed by atoms with Gasteiger partial charge >= 0.3 is 0 Å². The fourth-order valence-electron chi connectivity index (χ4n) is 2.12. The maximum atomic E-state index is 11.6. The molecule has 0 saturated carbocycles. The van der Waals surface area contributed by atoms with Crippen molar-refractivity contribution < 1.29 is 4.79 Å². The van der Waals surface area contributed by atoms with Crippen molar-refractivity contribution in [3.63, 3.8) is 0 Å². The van der Waals surface area contributed by atoms with E-state index < -0.39 is 0 Å². The van der Waals surface area contributed by atoms with E-state index in [1.807, 2.05) is 35.1 Å². The Morgan fingerprint density at radius 1 is 1.15 bits per heavy atom. The van der Waals surface area contributed by atoms with Crippen molar-refractivity contribution in [3.8, 4) is 0 Å². The summed E-state index contributed by atoms with van der Waals surface area (Å²) in [4.78, 5) is 15.8. The minimum atomic E-state index is 0.129. The SMILES string of the molecule is CCCC(=O)NC[C@H](c1ccc(N(C)C)cc1)N(C)C. The van der Waals surface area contributed by atoms with Crippen LogP contribution in [0.4, 0.5) is 5.69 Å². The van der Waals surface area contributed by atoms with E-state index in [9.17, 15) is 4.79 Å². The van der Waals surface area contributed by atoms with Crippen LogP contribution in [0.2, 0.25) is 0 Å². The average molecular weight is 277 g/mol. The van der Waals surface area contributed by atoms with Crippen molar-refractivity contribution in [1.29, 1.82) is 0 Å². The largest absolute Gasteiger partial charge is 0.378 e. The van der Waals surface area contributed by atoms with E-state index in [0.29, 0.717) is 13.0 Å². The first-order chi connectivity index (χ1) is 9.45. The molecule has 1 N–H and O–H groups in total. The molecule has 1 aromatic carbocycles.